The van der Waals surface area contributed by atoms with Gasteiger partial charge in [-0.15, -0.1) is 0 Å². The van der Waals surface area contributed by atoms with E-state index in [0.717, 1.165) is 5.56 Å². The fraction of sp³-hybridized carbons (Fsp3) is 0.476. The lowest BCUT2D eigenvalue weighted by Crippen LogP contribution is -2.56. The topological polar surface area (TPSA) is 67.7 Å². The molecule has 0 radical (unpaired) electrons. The van der Waals surface area contributed by atoms with Crippen LogP contribution in [0.5, 0.6) is 0 Å². The minimum Gasteiger partial charge on any atom is -0.379 e. The maximum absolute atomic E-state index is 13.3. The molecular formula is C21H25FN4O3. The highest BCUT2D eigenvalue weighted by molar-refractivity contribution is 5.94. The third-order valence-corrected chi connectivity index (χ3v) is 5.78. The summed E-state index contributed by atoms with van der Waals surface area (Å²) in [7, 11) is 0. The molecular weight excluding hydrogens is 375 g/mol. The summed E-state index contributed by atoms with van der Waals surface area (Å²) in [5.74, 6) is -0.439. The highest BCUT2D eigenvalue weighted by Gasteiger charge is 2.47. The van der Waals surface area contributed by atoms with Gasteiger partial charge in [-0.2, -0.15) is 5.10 Å². The van der Waals surface area contributed by atoms with Crippen LogP contribution in [0, 0.1) is 5.82 Å². The second-order valence-corrected chi connectivity index (χ2v) is 7.69. The standard InChI is InChI=1S/C21H25FN4O3/c1-2-25-13-17(11-23-25)20(28)24-9-7-19(27)26(21(14-24)8-10-29-15-21)12-16-3-5-18(22)6-4-16/h3-6,11,13H,2,7-10,12,14-15H2,1H3. The summed E-state index contributed by atoms with van der Waals surface area (Å²) in [6, 6.07) is 6.19. The van der Waals surface area contributed by atoms with Gasteiger partial charge in [-0.25, -0.2) is 4.39 Å². The van der Waals surface area contributed by atoms with E-state index >= 15 is 0 Å². The van der Waals surface area contributed by atoms with Crippen LogP contribution in [0.3, 0.4) is 0 Å². The van der Waals surface area contributed by atoms with E-state index < -0.39 is 5.54 Å². The Bertz CT molecular complexity index is 890. The van der Waals surface area contributed by atoms with Crippen molar-refractivity contribution in [1.29, 1.82) is 0 Å². The van der Waals surface area contributed by atoms with E-state index in [4.69, 9.17) is 4.74 Å². The Hall–Kier alpha value is -2.74. The molecule has 2 amide bonds. The monoisotopic (exact) mass is 400 g/mol. The van der Waals surface area contributed by atoms with E-state index in [1.165, 1.54) is 12.1 Å². The van der Waals surface area contributed by atoms with Gasteiger partial charge in [0.25, 0.3) is 5.91 Å². The molecule has 1 aromatic carbocycles. The summed E-state index contributed by atoms with van der Waals surface area (Å²) in [5, 5.41) is 4.19. The third-order valence-electron chi connectivity index (χ3n) is 5.78. The molecule has 2 aromatic rings. The summed E-state index contributed by atoms with van der Waals surface area (Å²) < 4.78 is 20.7. The van der Waals surface area contributed by atoms with E-state index in [2.05, 4.69) is 5.10 Å². The van der Waals surface area contributed by atoms with Crippen molar-refractivity contribution in [1.82, 2.24) is 19.6 Å². The van der Waals surface area contributed by atoms with Crippen molar-refractivity contribution >= 4 is 11.8 Å². The van der Waals surface area contributed by atoms with Crippen LogP contribution in [0.15, 0.2) is 36.7 Å². The highest BCUT2D eigenvalue weighted by atomic mass is 19.1. The van der Waals surface area contributed by atoms with Gasteiger partial charge in [-0.1, -0.05) is 12.1 Å². The lowest BCUT2D eigenvalue weighted by atomic mass is 9.94. The van der Waals surface area contributed by atoms with Crippen molar-refractivity contribution in [2.45, 2.75) is 38.4 Å². The number of aryl methyl sites for hydroxylation is 1. The molecule has 4 rings (SSSR count). The van der Waals surface area contributed by atoms with Crippen molar-refractivity contribution in [3.05, 3.63) is 53.6 Å². The molecule has 1 atom stereocenters. The van der Waals surface area contributed by atoms with Crippen LogP contribution in [0.25, 0.3) is 0 Å². The first-order valence-electron chi connectivity index (χ1n) is 9.95. The molecule has 2 fully saturated rings. The Balaban J connectivity index is 1.60. The van der Waals surface area contributed by atoms with Gasteiger partial charge >= 0.3 is 0 Å². The summed E-state index contributed by atoms with van der Waals surface area (Å²) in [6.07, 6.45) is 4.23. The zero-order chi connectivity index (χ0) is 20.4. The molecule has 29 heavy (non-hydrogen) atoms. The molecule has 0 saturated carbocycles. The van der Waals surface area contributed by atoms with Gasteiger partial charge < -0.3 is 14.5 Å². The van der Waals surface area contributed by atoms with Gasteiger partial charge in [0.2, 0.25) is 5.91 Å². The van der Waals surface area contributed by atoms with Crippen molar-refractivity contribution in [2.24, 2.45) is 0 Å². The molecule has 1 aromatic heterocycles. The first-order chi connectivity index (χ1) is 14.0. The number of aromatic nitrogens is 2. The van der Waals surface area contributed by atoms with Crippen molar-refractivity contribution in [2.75, 3.05) is 26.3 Å². The van der Waals surface area contributed by atoms with E-state index in [1.807, 2.05) is 11.8 Å². The fourth-order valence-electron chi connectivity index (χ4n) is 4.11. The molecule has 2 aliphatic heterocycles. The predicted octanol–water partition coefficient (Wildman–Crippen LogP) is 2.08. The van der Waals surface area contributed by atoms with Gasteiger partial charge in [0.05, 0.1) is 23.9 Å². The number of rotatable bonds is 4. The number of nitrogens with zero attached hydrogens (tertiary/aromatic N) is 4. The Kier molecular flexibility index (Phi) is 5.36. The lowest BCUT2D eigenvalue weighted by Gasteiger charge is -2.40. The van der Waals surface area contributed by atoms with Crippen molar-refractivity contribution in [3.8, 4) is 0 Å². The van der Waals surface area contributed by atoms with Crippen molar-refractivity contribution in [3.63, 3.8) is 0 Å². The highest BCUT2D eigenvalue weighted by Crippen LogP contribution is 2.32. The number of hydrogen-bond acceptors (Lipinski definition) is 4. The number of benzene rings is 1. The maximum Gasteiger partial charge on any atom is 0.257 e. The minimum absolute atomic E-state index is 0.0145. The number of halogens is 1. The molecule has 0 N–H and O–H groups in total. The molecule has 1 spiro atoms. The van der Waals surface area contributed by atoms with E-state index in [1.54, 1.807) is 34.1 Å². The molecule has 8 heteroatoms. The molecule has 1 unspecified atom stereocenters. The zero-order valence-corrected chi connectivity index (χ0v) is 16.5. The summed E-state index contributed by atoms with van der Waals surface area (Å²) >= 11 is 0. The second-order valence-electron chi connectivity index (χ2n) is 7.69. The first kappa shape index (κ1) is 19.6. The molecule has 2 saturated heterocycles. The normalized spacial score (nSPS) is 22.3. The Morgan fingerprint density at radius 1 is 1.31 bits per heavy atom. The fourth-order valence-corrected chi connectivity index (χ4v) is 4.11. The molecule has 7 nitrogen and oxygen atoms in total. The largest absolute Gasteiger partial charge is 0.379 e. The summed E-state index contributed by atoms with van der Waals surface area (Å²) in [5.41, 5.74) is 0.814. The minimum atomic E-state index is -0.571. The first-order valence-corrected chi connectivity index (χ1v) is 9.95. The summed E-state index contributed by atoms with van der Waals surface area (Å²) in [6.45, 7) is 4.73. The van der Waals surface area contributed by atoms with Gasteiger partial charge in [0, 0.05) is 45.4 Å². The Labute approximate surface area is 169 Å². The van der Waals surface area contributed by atoms with Crippen LogP contribution in [-0.4, -0.2) is 63.2 Å². The van der Waals surface area contributed by atoms with E-state index in [-0.39, 0.29) is 24.1 Å². The van der Waals surface area contributed by atoms with Crippen LogP contribution in [0.2, 0.25) is 0 Å². The number of hydrogen-bond donors (Lipinski definition) is 0. The van der Waals surface area contributed by atoms with Gasteiger partial charge in [0.15, 0.2) is 0 Å². The average molecular weight is 400 g/mol. The number of amides is 2. The molecule has 0 aliphatic carbocycles. The number of ether oxygens (including phenoxy) is 1. The number of carbonyl (C=O) groups excluding carboxylic acids is 2. The second kappa shape index (κ2) is 7.94. The van der Waals surface area contributed by atoms with Crippen LogP contribution in [-0.2, 0) is 22.6 Å². The quantitative estimate of drug-likeness (QED) is 0.788. The zero-order valence-electron chi connectivity index (χ0n) is 16.5. The SMILES string of the molecule is CCn1cc(C(=O)N2CCC(=O)N(Cc3ccc(F)cc3)C3(CCOC3)C2)cn1. The predicted molar refractivity (Wildman–Crippen MR) is 104 cm³/mol. The molecule has 0 bridgehead atoms. The third kappa shape index (κ3) is 3.89. The van der Waals surface area contributed by atoms with Gasteiger partial charge in [-0.3, -0.25) is 14.3 Å². The smallest absolute Gasteiger partial charge is 0.257 e. The molecule has 154 valence electrons. The van der Waals surface area contributed by atoms with Crippen LogP contribution < -0.4 is 0 Å². The van der Waals surface area contributed by atoms with Gasteiger partial charge in [0.1, 0.15) is 5.82 Å². The van der Waals surface area contributed by atoms with Crippen molar-refractivity contribution < 1.29 is 18.7 Å². The van der Waals surface area contributed by atoms with Gasteiger partial charge in [-0.05, 0) is 31.0 Å². The average Bonchev–Trinajstić information content (AvgIpc) is 3.37. The lowest BCUT2D eigenvalue weighted by molar-refractivity contribution is -0.137. The maximum atomic E-state index is 13.3. The van der Waals surface area contributed by atoms with Crippen LogP contribution in [0.1, 0.15) is 35.7 Å². The Morgan fingerprint density at radius 3 is 2.76 bits per heavy atom. The molecule has 3 heterocycles. The molecule has 2 aliphatic rings. The van der Waals surface area contributed by atoms with E-state index in [0.29, 0.717) is 51.4 Å². The Morgan fingerprint density at radius 2 is 2.10 bits per heavy atom. The van der Waals surface area contributed by atoms with Crippen LogP contribution in [0.4, 0.5) is 4.39 Å². The number of carbonyl (C=O) groups is 2. The summed E-state index contributed by atoms with van der Waals surface area (Å²) in [4.78, 5) is 29.7. The van der Waals surface area contributed by atoms with Crippen LogP contribution >= 0.6 is 0 Å². The van der Waals surface area contributed by atoms with E-state index in [9.17, 15) is 14.0 Å².